The molecule has 2 atom stereocenters. The summed E-state index contributed by atoms with van der Waals surface area (Å²) in [6, 6.07) is 7.33. The predicted octanol–water partition coefficient (Wildman–Crippen LogP) is 3.09. The third-order valence-corrected chi connectivity index (χ3v) is 3.38. The maximum Gasteiger partial charge on any atom is 0.394 e. The van der Waals surface area contributed by atoms with Gasteiger partial charge >= 0.3 is 8.60 Å². The number of benzene rings is 1. The molecular weight excluding hydrogens is 251 g/mol. The molecule has 0 aliphatic carbocycles. The van der Waals surface area contributed by atoms with Crippen LogP contribution in [0.2, 0.25) is 0 Å². The summed E-state index contributed by atoms with van der Waals surface area (Å²) in [7, 11) is -0.461. The highest BCUT2D eigenvalue weighted by Crippen LogP contribution is 2.33. The van der Waals surface area contributed by atoms with Gasteiger partial charge in [-0.15, -0.1) is 0 Å². The number of hydrogen-bond donors (Lipinski definition) is 1. The Hall–Kier alpha value is -0.960. The molecule has 0 heterocycles. The zero-order valence-corrected chi connectivity index (χ0v) is 11.8. The lowest BCUT2D eigenvalue weighted by Crippen LogP contribution is -2.12. The van der Waals surface area contributed by atoms with Crippen molar-refractivity contribution in [1.29, 1.82) is 0 Å². The monoisotopic (exact) mass is 270 g/mol. The second-order valence-corrected chi connectivity index (χ2v) is 5.10. The molecule has 0 saturated carbocycles. The first-order valence-electron chi connectivity index (χ1n) is 5.89. The molecule has 100 valence electrons. The molecule has 0 bridgehead atoms. The summed E-state index contributed by atoms with van der Waals surface area (Å²) in [4.78, 5) is 20.7. The van der Waals surface area contributed by atoms with Gasteiger partial charge in [-0.05, 0) is 24.1 Å². The molecule has 4 nitrogen and oxygen atoms in total. The van der Waals surface area contributed by atoms with Crippen LogP contribution in [-0.2, 0) is 15.7 Å². The average molecular weight is 270 g/mol. The van der Waals surface area contributed by atoms with Gasteiger partial charge in [0.2, 0.25) is 0 Å². The van der Waals surface area contributed by atoms with Crippen molar-refractivity contribution in [2.24, 2.45) is 5.92 Å². The van der Waals surface area contributed by atoms with Crippen molar-refractivity contribution in [3.8, 4) is 5.75 Å². The predicted molar refractivity (Wildman–Crippen MR) is 71.4 cm³/mol. The second-order valence-electron chi connectivity index (χ2n) is 4.08. The number of ketones is 1. The molecule has 1 aromatic rings. The molecule has 0 amide bonds. The van der Waals surface area contributed by atoms with Crippen LogP contribution in [-0.4, -0.2) is 17.8 Å². The third kappa shape index (κ3) is 4.73. The Morgan fingerprint density at radius 1 is 1.39 bits per heavy atom. The smallest absolute Gasteiger partial charge is 0.394 e. The molecule has 0 spiro atoms. The summed E-state index contributed by atoms with van der Waals surface area (Å²) >= 11 is 0. The van der Waals surface area contributed by atoms with Crippen molar-refractivity contribution in [2.75, 3.05) is 7.11 Å². The van der Waals surface area contributed by atoms with Gasteiger partial charge in [0.15, 0.2) is 0 Å². The molecule has 0 fully saturated rings. The van der Waals surface area contributed by atoms with Crippen LogP contribution < -0.4 is 4.52 Å². The van der Waals surface area contributed by atoms with Crippen LogP contribution in [0.25, 0.3) is 0 Å². The second kappa shape index (κ2) is 7.47. The SMILES string of the molecule is CCC(=O)C(C)Cc1ccc(OP(O)OC)cc1. The zero-order chi connectivity index (χ0) is 13.5. The highest BCUT2D eigenvalue weighted by Gasteiger charge is 2.12. The first kappa shape index (κ1) is 15.1. The fraction of sp³-hybridized carbons (Fsp3) is 0.462. The quantitative estimate of drug-likeness (QED) is 0.773. The van der Waals surface area contributed by atoms with Gasteiger partial charge in [0, 0.05) is 19.4 Å². The van der Waals surface area contributed by atoms with Gasteiger partial charge in [-0.2, -0.15) is 0 Å². The minimum atomic E-state index is -1.85. The van der Waals surface area contributed by atoms with Crippen LogP contribution in [0.3, 0.4) is 0 Å². The highest BCUT2D eigenvalue weighted by atomic mass is 31.2. The van der Waals surface area contributed by atoms with Crippen LogP contribution in [0.1, 0.15) is 25.8 Å². The molecule has 1 N–H and O–H groups in total. The molecule has 5 heteroatoms. The first-order valence-corrected chi connectivity index (χ1v) is 7.02. The van der Waals surface area contributed by atoms with Crippen LogP contribution >= 0.6 is 8.60 Å². The van der Waals surface area contributed by atoms with Crippen LogP contribution in [0, 0.1) is 5.92 Å². The van der Waals surface area contributed by atoms with E-state index in [-0.39, 0.29) is 11.7 Å². The van der Waals surface area contributed by atoms with Crippen LogP contribution in [0.15, 0.2) is 24.3 Å². The number of rotatable bonds is 7. The molecule has 0 saturated heterocycles. The van der Waals surface area contributed by atoms with Gasteiger partial charge < -0.3 is 13.9 Å². The fourth-order valence-electron chi connectivity index (χ4n) is 1.63. The van der Waals surface area contributed by atoms with Gasteiger partial charge in [0.1, 0.15) is 11.5 Å². The normalized spacial score (nSPS) is 14.0. The molecule has 0 aromatic heterocycles. The summed E-state index contributed by atoms with van der Waals surface area (Å²) in [6.45, 7) is 3.82. The number of hydrogen-bond acceptors (Lipinski definition) is 4. The van der Waals surface area contributed by atoms with E-state index in [2.05, 4.69) is 4.52 Å². The summed E-state index contributed by atoms with van der Waals surface area (Å²) in [5.74, 6) is 0.868. The maximum atomic E-state index is 11.5. The highest BCUT2D eigenvalue weighted by molar-refractivity contribution is 7.41. The van der Waals surface area contributed by atoms with E-state index in [0.717, 1.165) is 12.0 Å². The largest absolute Gasteiger partial charge is 0.427 e. The number of carbonyl (C=O) groups excluding carboxylic acids is 1. The molecule has 1 rings (SSSR count). The molecule has 1 aromatic carbocycles. The Balaban J connectivity index is 2.57. The van der Waals surface area contributed by atoms with E-state index in [9.17, 15) is 9.69 Å². The van der Waals surface area contributed by atoms with E-state index in [1.54, 1.807) is 12.1 Å². The Kier molecular flexibility index (Phi) is 6.27. The van der Waals surface area contributed by atoms with Crippen molar-refractivity contribution in [3.63, 3.8) is 0 Å². The van der Waals surface area contributed by atoms with Crippen molar-refractivity contribution in [1.82, 2.24) is 0 Å². The summed E-state index contributed by atoms with van der Waals surface area (Å²) in [5, 5.41) is 0. The van der Waals surface area contributed by atoms with Gasteiger partial charge in [-0.3, -0.25) is 4.79 Å². The summed E-state index contributed by atoms with van der Waals surface area (Å²) < 4.78 is 9.77. The zero-order valence-electron chi connectivity index (χ0n) is 10.9. The number of Topliss-reactive ketones (excluding diaryl/α,β-unsaturated/α-hetero) is 1. The minimum absolute atomic E-state index is 0.0377. The molecule has 0 aliphatic heterocycles. The minimum Gasteiger partial charge on any atom is -0.427 e. The average Bonchev–Trinajstić information content (AvgIpc) is 2.39. The van der Waals surface area contributed by atoms with Crippen molar-refractivity contribution >= 4 is 14.4 Å². The van der Waals surface area contributed by atoms with Crippen LogP contribution in [0.4, 0.5) is 0 Å². The van der Waals surface area contributed by atoms with E-state index in [1.165, 1.54) is 7.11 Å². The molecule has 2 unspecified atom stereocenters. The van der Waals surface area contributed by atoms with E-state index < -0.39 is 8.60 Å². The molecule has 18 heavy (non-hydrogen) atoms. The summed E-state index contributed by atoms with van der Waals surface area (Å²) in [5.41, 5.74) is 1.08. The van der Waals surface area contributed by atoms with E-state index in [1.807, 2.05) is 26.0 Å². The molecule has 0 aliphatic rings. The van der Waals surface area contributed by atoms with Crippen molar-refractivity contribution in [3.05, 3.63) is 29.8 Å². The lowest BCUT2D eigenvalue weighted by Gasteiger charge is -2.11. The van der Waals surface area contributed by atoms with Crippen molar-refractivity contribution in [2.45, 2.75) is 26.7 Å². The van der Waals surface area contributed by atoms with E-state index in [0.29, 0.717) is 12.2 Å². The third-order valence-electron chi connectivity index (χ3n) is 2.70. The maximum absolute atomic E-state index is 11.5. The van der Waals surface area contributed by atoms with Gasteiger partial charge in [-0.1, -0.05) is 26.0 Å². The lowest BCUT2D eigenvalue weighted by molar-refractivity contribution is -0.122. The Morgan fingerprint density at radius 3 is 2.50 bits per heavy atom. The molecular formula is C13H19O4P. The summed E-state index contributed by atoms with van der Waals surface area (Å²) in [6.07, 6.45) is 1.30. The van der Waals surface area contributed by atoms with Gasteiger partial charge in [0.25, 0.3) is 0 Å². The standard InChI is InChI=1S/C13H19O4P/c1-4-13(14)10(2)9-11-5-7-12(8-6-11)17-18(15)16-3/h5-8,10,15H,4,9H2,1-3H3. The topological polar surface area (TPSA) is 55.8 Å². The first-order chi connectivity index (χ1) is 8.56. The van der Waals surface area contributed by atoms with E-state index in [4.69, 9.17) is 4.52 Å². The van der Waals surface area contributed by atoms with Crippen LogP contribution in [0.5, 0.6) is 5.75 Å². The van der Waals surface area contributed by atoms with Gasteiger partial charge in [-0.25, -0.2) is 0 Å². The van der Waals surface area contributed by atoms with Gasteiger partial charge in [0.05, 0.1) is 0 Å². The number of carbonyl (C=O) groups is 1. The Morgan fingerprint density at radius 2 is 2.00 bits per heavy atom. The Labute approximate surface area is 109 Å². The lowest BCUT2D eigenvalue weighted by atomic mass is 9.96. The fourth-order valence-corrected chi connectivity index (χ4v) is 2.01. The molecule has 0 radical (unpaired) electrons. The van der Waals surface area contributed by atoms with E-state index >= 15 is 0 Å². The van der Waals surface area contributed by atoms with Crippen molar-refractivity contribution < 1.29 is 18.7 Å². The Bertz CT molecular complexity index is 377.